The van der Waals surface area contributed by atoms with E-state index in [4.69, 9.17) is 0 Å². The molecule has 0 unspecified atom stereocenters. The zero-order chi connectivity index (χ0) is 11.2. The predicted octanol–water partition coefficient (Wildman–Crippen LogP) is -0.179. The minimum absolute atomic E-state index is 0.233. The molecular formula is C9H12N6O. The van der Waals surface area contributed by atoms with Crippen molar-refractivity contribution in [3.8, 4) is 0 Å². The second kappa shape index (κ2) is 5.06. The molecule has 2 N–H and O–H groups in total. The van der Waals surface area contributed by atoms with Crippen LogP contribution in [0.3, 0.4) is 0 Å². The highest BCUT2D eigenvalue weighted by Crippen LogP contribution is 1.90. The molecule has 16 heavy (non-hydrogen) atoms. The molecule has 0 bridgehead atoms. The van der Waals surface area contributed by atoms with Gasteiger partial charge in [0.1, 0.15) is 6.33 Å². The minimum atomic E-state index is -0.233. The molecule has 0 aromatic carbocycles. The average molecular weight is 220 g/mol. The maximum atomic E-state index is 11.4. The predicted molar refractivity (Wildman–Crippen MR) is 55.6 cm³/mol. The molecule has 2 heterocycles. The minimum Gasteiger partial charge on any atom is -0.349 e. The summed E-state index contributed by atoms with van der Waals surface area (Å²) in [6.07, 6.45) is 7.51. The molecule has 0 spiro atoms. The largest absolute Gasteiger partial charge is 0.349 e. The lowest BCUT2D eigenvalue weighted by Crippen LogP contribution is -2.26. The normalized spacial score (nSPS) is 10.2. The van der Waals surface area contributed by atoms with Gasteiger partial charge >= 0.3 is 0 Å². The Labute approximate surface area is 91.9 Å². The Kier molecular flexibility index (Phi) is 3.27. The van der Waals surface area contributed by atoms with E-state index >= 15 is 0 Å². The number of hydrogen-bond donors (Lipinski definition) is 2. The van der Waals surface area contributed by atoms with Crippen LogP contribution in [0.2, 0.25) is 0 Å². The fraction of sp³-hybridized carbons (Fsp3) is 0.333. The fourth-order valence-electron chi connectivity index (χ4n) is 1.28. The lowest BCUT2D eigenvalue weighted by atomic mass is 10.4. The number of hydrogen-bond acceptors (Lipinski definition) is 4. The van der Waals surface area contributed by atoms with E-state index in [1.807, 2.05) is 10.8 Å². The topological polar surface area (TPSA) is 88.5 Å². The van der Waals surface area contributed by atoms with Crippen molar-refractivity contribution in [2.75, 3.05) is 6.54 Å². The van der Waals surface area contributed by atoms with Gasteiger partial charge in [0, 0.05) is 25.5 Å². The molecular weight excluding hydrogens is 208 g/mol. The Bertz CT molecular complexity index is 421. The van der Waals surface area contributed by atoms with E-state index in [-0.39, 0.29) is 11.7 Å². The highest BCUT2D eigenvalue weighted by molar-refractivity contribution is 5.90. The fourth-order valence-corrected chi connectivity index (χ4v) is 1.28. The molecule has 0 saturated carbocycles. The maximum absolute atomic E-state index is 11.4. The summed E-state index contributed by atoms with van der Waals surface area (Å²) in [5.74, 6) is 0.00534. The van der Waals surface area contributed by atoms with Gasteiger partial charge in [-0.15, -0.1) is 0 Å². The molecule has 7 heteroatoms. The molecule has 0 aliphatic rings. The number of carbonyl (C=O) groups excluding carboxylic acids is 1. The smallest absolute Gasteiger partial charge is 0.288 e. The number of carbonyl (C=O) groups is 1. The van der Waals surface area contributed by atoms with E-state index < -0.39 is 0 Å². The van der Waals surface area contributed by atoms with Crippen molar-refractivity contribution in [3.05, 3.63) is 30.9 Å². The summed E-state index contributed by atoms with van der Waals surface area (Å²) < 4.78 is 1.96. The van der Waals surface area contributed by atoms with Crippen molar-refractivity contribution >= 4 is 5.91 Å². The molecule has 0 aliphatic carbocycles. The summed E-state index contributed by atoms with van der Waals surface area (Å²) in [6, 6.07) is 0. The number of aryl methyl sites for hydroxylation is 1. The van der Waals surface area contributed by atoms with Crippen LogP contribution >= 0.6 is 0 Å². The van der Waals surface area contributed by atoms with Crippen molar-refractivity contribution in [2.45, 2.75) is 13.0 Å². The molecule has 2 rings (SSSR count). The third kappa shape index (κ3) is 2.66. The quantitative estimate of drug-likeness (QED) is 0.684. The van der Waals surface area contributed by atoms with Crippen LogP contribution in [0.25, 0.3) is 0 Å². The third-order valence-electron chi connectivity index (χ3n) is 2.07. The van der Waals surface area contributed by atoms with Gasteiger partial charge in [0.2, 0.25) is 5.82 Å². The Morgan fingerprint density at radius 2 is 2.50 bits per heavy atom. The highest BCUT2D eigenvalue weighted by atomic mass is 16.2. The summed E-state index contributed by atoms with van der Waals surface area (Å²) in [4.78, 5) is 19.1. The summed E-state index contributed by atoms with van der Waals surface area (Å²) >= 11 is 0. The standard InChI is InChI=1S/C9H12N6O/c16-9(8-12-6-13-14-8)11-2-1-4-15-5-3-10-7-15/h3,5-7H,1-2,4H2,(H,11,16)(H,12,13,14). The van der Waals surface area contributed by atoms with Gasteiger partial charge in [0.15, 0.2) is 0 Å². The monoisotopic (exact) mass is 220 g/mol. The van der Waals surface area contributed by atoms with Gasteiger partial charge in [-0.05, 0) is 6.42 Å². The maximum Gasteiger partial charge on any atom is 0.288 e. The molecule has 84 valence electrons. The molecule has 0 saturated heterocycles. The van der Waals surface area contributed by atoms with Crippen LogP contribution in [0.5, 0.6) is 0 Å². The number of aromatic amines is 1. The second-order valence-electron chi connectivity index (χ2n) is 3.24. The molecule has 2 aromatic rings. The van der Waals surface area contributed by atoms with E-state index in [1.165, 1.54) is 6.33 Å². The van der Waals surface area contributed by atoms with Crippen LogP contribution in [-0.4, -0.2) is 37.2 Å². The van der Waals surface area contributed by atoms with E-state index in [2.05, 4.69) is 25.5 Å². The van der Waals surface area contributed by atoms with Crippen LogP contribution in [0, 0.1) is 0 Å². The van der Waals surface area contributed by atoms with Crippen LogP contribution in [-0.2, 0) is 6.54 Å². The highest BCUT2D eigenvalue weighted by Gasteiger charge is 2.06. The first-order valence-corrected chi connectivity index (χ1v) is 4.95. The summed E-state index contributed by atoms with van der Waals surface area (Å²) in [7, 11) is 0. The van der Waals surface area contributed by atoms with Gasteiger partial charge in [-0.25, -0.2) is 9.97 Å². The van der Waals surface area contributed by atoms with Gasteiger partial charge in [0.25, 0.3) is 5.91 Å². The summed E-state index contributed by atoms with van der Waals surface area (Å²) in [5, 5.41) is 8.85. The van der Waals surface area contributed by atoms with E-state index in [0.717, 1.165) is 13.0 Å². The van der Waals surface area contributed by atoms with Crippen molar-refractivity contribution in [1.82, 2.24) is 30.0 Å². The average Bonchev–Trinajstić information content (AvgIpc) is 2.96. The Morgan fingerprint density at radius 3 is 3.19 bits per heavy atom. The second-order valence-corrected chi connectivity index (χ2v) is 3.24. The number of aromatic nitrogens is 5. The van der Waals surface area contributed by atoms with Gasteiger partial charge in [-0.3, -0.25) is 9.89 Å². The van der Waals surface area contributed by atoms with Crippen molar-refractivity contribution in [1.29, 1.82) is 0 Å². The summed E-state index contributed by atoms with van der Waals surface area (Å²) in [5.41, 5.74) is 0. The van der Waals surface area contributed by atoms with Crippen LogP contribution in [0.4, 0.5) is 0 Å². The van der Waals surface area contributed by atoms with Crippen LogP contribution < -0.4 is 5.32 Å². The Balaban J connectivity index is 1.67. The molecule has 0 atom stereocenters. The molecule has 2 aromatic heterocycles. The lowest BCUT2D eigenvalue weighted by Gasteiger charge is -2.03. The number of rotatable bonds is 5. The first-order valence-electron chi connectivity index (χ1n) is 4.95. The SMILES string of the molecule is O=C(NCCCn1ccnc1)c1ncn[nH]1. The van der Waals surface area contributed by atoms with E-state index in [1.54, 1.807) is 12.5 Å². The van der Waals surface area contributed by atoms with Crippen molar-refractivity contribution in [3.63, 3.8) is 0 Å². The number of H-pyrrole nitrogens is 1. The lowest BCUT2D eigenvalue weighted by molar-refractivity contribution is 0.0943. The van der Waals surface area contributed by atoms with Crippen molar-refractivity contribution in [2.24, 2.45) is 0 Å². The zero-order valence-corrected chi connectivity index (χ0v) is 8.63. The zero-order valence-electron chi connectivity index (χ0n) is 8.63. The molecule has 0 radical (unpaired) electrons. The van der Waals surface area contributed by atoms with Gasteiger partial charge < -0.3 is 9.88 Å². The Hall–Kier alpha value is -2.18. The van der Waals surface area contributed by atoms with Crippen LogP contribution in [0.15, 0.2) is 25.0 Å². The number of nitrogens with one attached hydrogen (secondary N) is 2. The molecule has 1 amide bonds. The molecule has 7 nitrogen and oxygen atoms in total. The van der Waals surface area contributed by atoms with Crippen LogP contribution in [0.1, 0.15) is 17.0 Å². The first-order chi connectivity index (χ1) is 7.86. The number of imidazole rings is 1. The third-order valence-corrected chi connectivity index (χ3v) is 2.07. The summed E-state index contributed by atoms with van der Waals surface area (Å²) in [6.45, 7) is 1.42. The van der Waals surface area contributed by atoms with Gasteiger partial charge in [-0.2, -0.15) is 5.10 Å². The van der Waals surface area contributed by atoms with Gasteiger partial charge in [-0.1, -0.05) is 0 Å². The first kappa shape index (κ1) is 10.3. The van der Waals surface area contributed by atoms with Gasteiger partial charge in [0.05, 0.1) is 6.33 Å². The van der Waals surface area contributed by atoms with E-state index in [9.17, 15) is 4.79 Å². The van der Waals surface area contributed by atoms with Crippen molar-refractivity contribution < 1.29 is 4.79 Å². The number of amides is 1. The number of nitrogens with zero attached hydrogens (tertiary/aromatic N) is 4. The Morgan fingerprint density at radius 1 is 1.56 bits per heavy atom. The van der Waals surface area contributed by atoms with E-state index in [0.29, 0.717) is 6.54 Å². The molecule has 0 fully saturated rings. The molecule has 0 aliphatic heterocycles.